The Kier molecular flexibility index (Phi) is 5.51. The van der Waals surface area contributed by atoms with Crippen molar-refractivity contribution in [2.75, 3.05) is 5.32 Å². The number of anilines is 1. The predicted octanol–water partition coefficient (Wildman–Crippen LogP) is 2.39. The molecule has 0 fully saturated rings. The van der Waals surface area contributed by atoms with Gasteiger partial charge >= 0.3 is 6.18 Å². The fraction of sp³-hybridized carbons (Fsp3) is 0.235. The number of hydrogen-bond donors (Lipinski definition) is 3. The van der Waals surface area contributed by atoms with Crippen LogP contribution >= 0.6 is 0 Å². The Labute approximate surface area is 172 Å². The lowest BCUT2D eigenvalue weighted by Crippen LogP contribution is -2.43. The first kappa shape index (κ1) is 22.2. The SMILES string of the molecule is CC(NS(=O)(=O)c1c2[nH]ccc2c(C(=O)Nc2cc(F)nc(C#N)c2)n1C)C(F)(F)F. The van der Waals surface area contributed by atoms with Crippen LogP contribution in [0, 0.1) is 17.3 Å². The topological polar surface area (TPSA) is 133 Å². The molecule has 3 aromatic rings. The van der Waals surface area contributed by atoms with E-state index in [-0.39, 0.29) is 28.0 Å². The molecule has 0 spiro atoms. The number of sulfonamides is 1. The molecule has 1 atom stereocenters. The van der Waals surface area contributed by atoms with Crippen molar-refractivity contribution >= 4 is 32.5 Å². The molecule has 164 valence electrons. The molecular formula is C17H14F4N6O3S. The van der Waals surface area contributed by atoms with Gasteiger partial charge in [0, 0.05) is 30.4 Å². The molecule has 0 saturated heterocycles. The second-order valence-corrected chi connectivity index (χ2v) is 8.12. The van der Waals surface area contributed by atoms with E-state index >= 15 is 0 Å². The summed E-state index contributed by atoms with van der Waals surface area (Å²) in [7, 11) is -3.52. The molecule has 1 amide bonds. The molecule has 0 saturated carbocycles. The van der Waals surface area contributed by atoms with E-state index in [1.807, 2.05) is 0 Å². The van der Waals surface area contributed by atoms with Gasteiger partial charge in [-0.2, -0.15) is 27.5 Å². The predicted molar refractivity (Wildman–Crippen MR) is 100.0 cm³/mol. The highest BCUT2D eigenvalue weighted by atomic mass is 32.2. The first-order chi connectivity index (χ1) is 14.3. The Bertz CT molecular complexity index is 1320. The molecule has 0 aliphatic heterocycles. The smallest absolute Gasteiger partial charge is 0.359 e. The van der Waals surface area contributed by atoms with Crippen molar-refractivity contribution in [2.45, 2.75) is 24.2 Å². The largest absolute Gasteiger partial charge is 0.404 e. The number of amides is 1. The van der Waals surface area contributed by atoms with Crippen LogP contribution in [0.25, 0.3) is 10.9 Å². The Morgan fingerprint density at radius 3 is 2.65 bits per heavy atom. The maximum atomic E-state index is 13.5. The van der Waals surface area contributed by atoms with Gasteiger partial charge in [0.05, 0.1) is 5.52 Å². The molecule has 1 unspecified atom stereocenters. The third-order valence-corrected chi connectivity index (χ3v) is 5.97. The summed E-state index contributed by atoms with van der Waals surface area (Å²) in [6.07, 6.45) is -3.51. The van der Waals surface area contributed by atoms with E-state index < -0.39 is 39.1 Å². The number of nitrogens with zero attached hydrogens (tertiary/aromatic N) is 3. The lowest BCUT2D eigenvalue weighted by Gasteiger charge is -2.18. The zero-order chi connectivity index (χ0) is 23.1. The zero-order valence-electron chi connectivity index (χ0n) is 15.9. The Morgan fingerprint density at radius 1 is 1.35 bits per heavy atom. The molecule has 0 radical (unpaired) electrons. The van der Waals surface area contributed by atoms with Crippen molar-refractivity contribution in [3.63, 3.8) is 0 Å². The number of H-pyrrole nitrogens is 1. The van der Waals surface area contributed by atoms with Gasteiger partial charge in [-0.1, -0.05) is 0 Å². The normalized spacial score (nSPS) is 13.2. The number of halogens is 4. The molecule has 3 N–H and O–H groups in total. The number of pyridine rings is 1. The number of carbonyl (C=O) groups excluding carboxylic acids is 1. The quantitative estimate of drug-likeness (QED) is 0.399. The number of fused-ring (bicyclic) bond motifs is 1. The molecule has 9 nitrogen and oxygen atoms in total. The Morgan fingerprint density at radius 2 is 2.03 bits per heavy atom. The van der Waals surface area contributed by atoms with Crippen molar-refractivity contribution in [3.05, 3.63) is 41.7 Å². The fourth-order valence-electron chi connectivity index (χ4n) is 2.95. The van der Waals surface area contributed by atoms with Crippen molar-refractivity contribution in [2.24, 2.45) is 7.05 Å². The van der Waals surface area contributed by atoms with Crippen LogP contribution in [-0.2, 0) is 17.1 Å². The molecule has 3 aromatic heterocycles. The van der Waals surface area contributed by atoms with Crippen molar-refractivity contribution in [1.82, 2.24) is 19.3 Å². The van der Waals surface area contributed by atoms with E-state index in [1.165, 1.54) is 19.3 Å². The van der Waals surface area contributed by atoms with Crippen LogP contribution in [0.1, 0.15) is 23.1 Å². The van der Waals surface area contributed by atoms with Crippen molar-refractivity contribution < 1.29 is 30.8 Å². The number of hydrogen-bond acceptors (Lipinski definition) is 5. The second kappa shape index (κ2) is 7.67. The van der Waals surface area contributed by atoms with E-state index in [2.05, 4.69) is 15.3 Å². The van der Waals surface area contributed by atoms with E-state index in [1.54, 1.807) is 10.8 Å². The van der Waals surface area contributed by atoms with Gasteiger partial charge in [0.1, 0.15) is 23.5 Å². The number of aromatic amines is 1. The van der Waals surface area contributed by atoms with Gasteiger partial charge in [-0.25, -0.2) is 13.4 Å². The highest BCUT2D eigenvalue weighted by Gasteiger charge is 2.40. The van der Waals surface area contributed by atoms with Crippen LogP contribution in [0.2, 0.25) is 0 Å². The Balaban J connectivity index is 2.05. The molecular weight excluding hydrogens is 444 g/mol. The lowest BCUT2D eigenvalue weighted by atomic mass is 10.2. The van der Waals surface area contributed by atoms with Gasteiger partial charge in [-0.15, -0.1) is 0 Å². The molecule has 0 aliphatic rings. The maximum absolute atomic E-state index is 13.5. The van der Waals surface area contributed by atoms with Crippen LogP contribution in [0.3, 0.4) is 0 Å². The highest BCUT2D eigenvalue weighted by molar-refractivity contribution is 7.89. The third-order valence-electron chi connectivity index (χ3n) is 4.32. The summed E-state index contributed by atoms with van der Waals surface area (Å²) in [4.78, 5) is 18.7. The number of rotatable bonds is 5. The van der Waals surface area contributed by atoms with E-state index in [9.17, 15) is 30.8 Å². The van der Waals surface area contributed by atoms with Crippen LogP contribution < -0.4 is 10.0 Å². The molecule has 0 aromatic carbocycles. The number of nitriles is 1. The van der Waals surface area contributed by atoms with E-state index in [0.29, 0.717) is 6.92 Å². The number of nitrogens with one attached hydrogen (secondary N) is 3. The summed E-state index contributed by atoms with van der Waals surface area (Å²) in [6.45, 7) is 0.644. The fourth-order valence-corrected chi connectivity index (χ4v) is 4.56. The lowest BCUT2D eigenvalue weighted by molar-refractivity contribution is -0.147. The summed E-state index contributed by atoms with van der Waals surface area (Å²) in [5, 5.41) is 10.7. The first-order valence-electron chi connectivity index (χ1n) is 8.49. The summed E-state index contributed by atoms with van der Waals surface area (Å²) >= 11 is 0. The van der Waals surface area contributed by atoms with E-state index in [4.69, 9.17) is 5.26 Å². The monoisotopic (exact) mass is 458 g/mol. The van der Waals surface area contributed by atoms with Gasteiger partial charge in [0.25, 0.3) is 15.9 Å². The second-order valence-electron chi connectivity index (χ2n) is 6.49. The van der Waals surface area contributed by atoms with Crippen LogP contribution in [0.5, 0.6) is 0 Å². The molecule has 14 heteroatoms. The summed E-state index contributed by atoms with van der Waals surface area (Å²) < 4.78 is 79.9. The number of alkyl halides is 3. The van der Waals surface area contributed by atoms with Crippen LogP contribution in [-0.4, -0.2) is 41.1 Å². The van der Waals surface area contributed by atoms with Gasteiger partial charge in [-0.05, 0) is 19.1 Å². The Hall–Kier alpha value is -3.44. The van der Waals surface area contributed by atoms with E-state index in [0.717, 1.165) is 16.7 Å². The molecule has 31 heavy (non-hydrogen) atoms. The summed E-state index contributed by atoms with van der Waals surface area (Å²) in [6, 6.07) is 2.56. The zero-order valence-corrected chi connectivity index (χ0v) is 16.7. The van der Waals surface area contributed by atoms with Crippen LogP contribution in [0.15, 0.2) is 29.4 Å². The standard InChI is InChI=1S/C17H14F4N6O3S/c1-8(17(19,20)21)26-31(29,30)16-13-11(3-4-23-13)14(27(16)2)15(28)25-9-5-10(7-22)24-12(18)6-9/h3-6,8,23,26H,1-2H3,(H,24,25,28). The van der Waals surface area contributed by atoms with Gasteiger partial charge < -0.3 is 14.9 Å². The minimum Gasteiger partial charge on any atom is -0.359 e. The molecule has 0 aliphatic carbocycles. The van der Waals surface area contributed by atoms with Gasteiger partial charge in [0.2, 0.25) is 5.95 Å². The van der Waals surface area contributed by atoms with Gasteiger partial charge in [-0.3, -0.25) is 4.79 Å². The first-order valence-corrected chi connectivity index (χ1v) is 9.97. The van der Waals surface area contributed by atoms with Crippen molar-refractivity contribution in [1.29, 1.82) is 5.26 Å². The summed E-state index contributed by atoms with van der Waals surface area (Å²) in [5.41, 5.74) is -0.727. The highest BCUT2D eigenvalue weighted by Crippen LogP contribution is 2.30. The average molecular weight is 458 g/mol. The molecule has 0 bridgehead atoms. The van der Waals surface area contributed by atoms with Crippen molar-refractivity contribution in [3.8, 4) is 6.07 Å². The average Bonchev–Trinajstić information content (AvgIpc) is 3.18. The summed E-state index contributed by atoms with van der Waals surface area (Å²) in [5.74, 6) is -1.91. The number of carbonyl (C=O) groups is 1. The molecule has 3 heterocycles. The number of aromatic nitrogens is 3. The minimum absolute atomic E-state index is 0.0897. The van der Waals surface area contributed by atoms with Crippen LogP contribution in [0.4, 0.5) is 23.2 Å². The minimum atomic E-state index is -4.82. The van der Waals surface area contributed by atoms with Gasteiger partial charge in [0.15, 0.2) is 5.03 Å². The molecule has 3 rings (SSSR count). The maximum Gasteiger partial charge on any atom is 0.404 e. The third kappa shape index (κ3) is 4.23.